The number of nitrogens with one attached hydrogen (secondary N) is 1. The van der Waals surface area contributed by atoms with Crippen LogP contribution in [0.4, 0.5) is 0 Å². The fourth-order valence-corrected chi connectivity index (χ4v) is 2.71. The van der Waals surface area contributed by atoms with Gasteiger partial charge in [-0.3, -0.25) is 5.10 Å². The highest BCUT2D eigenvalue weighted by molar-refractivity contribution is 5.57. The quantitative estimate of drug-likeness (QED) is 0.716. The van der Waals surface area contributed by atoms with Gasteiger partial charge in [0.25, 0.3) is 0 Å². The lowest BCUT2D eigenvalue weighted by molar-refractivity contribution is 0.476. The maximum absolute atomic E-state index is 8.92. The number of aromatic amines is 1. The Labute approximate surface area is 120 Å². The largest absolute Gasteiger partial charge is 0.310 e. The first-order chi connectivity index (χ1) is 10.3. The van der Waals surface area contributed by atoms with E-state index in [0.717, 1.165) is 30.0 Å². The van der Waals surface area contributed by atoms with E-state index < -0.39 is 0 Å². The van der Waals surface area contributed by atoms with Gasteiger partial charge in [-0.15, -0.1) is 0 Å². The molecular formula is C14H13N7. The Kier molecular flexibility index (Phi) is 2.60. The summed E-state index contributed by atoms with van der Waals surface area (Å²) < 4.78 is 1.94. The minimum absolute atomic E-state index is 0.253. The zero-order chi connectivity index (χ0) is 14.2. The monoisotopic (exact) mass is 279 g/mol. The summed E-state index contributed by atoms with van der Waals surface area (Å²) in [6.45, 7) is 1.50. The second kappa shape index (κ2) is 4.59. The molecule has 0 amide bonds. The Balaban J connectivity index is 1.63. The van der Waals surface area contributed by atoms with Crippen LogP contribution in [0, 0.1) is 11.5 Å². The third kappa shape index (κ3) is 2.01. The molecule has 1 N–H and O–H groups in total. The van der Waals surface area contributed by atoms with E-state index in [1.165, 1.54) is 0 Å². The first kappa shape index (κ1) is 11.9. The number of hydrogen-bond acceptors (Lipinski definition) is 5. The molecule has 1 atom stereocenters. The zero-order valence-electron chi connectivity index (χ0n) is 11.3. The Morgan fingerprint density at radius 3 is 3.19 bits per heavy atom. The summed E-state index contributed by atoms with van der Waals surface area (Å²) in [7, 11) is 0. The van der Waals surface area contributed by atoms with Gasteiger partial charge in [0, 0.05) is 43.2 Å². The van der Waals surface area contributed by atoms with Crippen LogP contribution in [-0.4, -0.2) is 42.6 Å². The van der Waals surface area contributed by atoms with Gasteiger partial charge in [-0.05, 0) is 18.6 Å². The van der Waals surface area contributed by atoms with Crippen molar-refractivity contribution < 1.29 is 0 Å². The van der Waals surface area contributed by atoms with Gasteiger partial charge in [-0.25, -0.2) is 9.97 Å². The third-order valence-corrected chi connectivity index (χ3v) is 3.87. The van der Waals surface area contributed by atoms with Crippen LogP contribution in [0.2, 0.25) is 0 Å². The highest BCUT2D eigenvalue weighted by atomic mass is 15.2. The Morgan fingerprint density at radius 2 is 2.33 bits per heavy atom. The topological polar surface area (TPSA) is 85.9 Å². The molecule has 21 heavy (non-hydrogen) atoms. The van der Waals surface area contributed by atoms with Crippen molar-refractivity contribution >= 4 is 5.65 Å². The number of fused-ring (bicyclic) bond motifs is 1. The summed E-state index contributed by atoms with van der Waals surface area (Å²) in [6, 6.07) is 3.91. The van der Waals surface area contributed by atoms with E-state index in [1.807, 2.05) is 28.9 Å². The molecular weight excluding hydrogens is 266 g/mol. The van der Waals surface area contributed by atoms with E-state index in [0.29, 0.717) is 12.4 Å². The molecule has 0 bridgehead atoms. The molecule has 0 aliphatic carbocycles. The minimum atomic E-state index is 0.253. The van der Waals surface area contributed by atoms with Crippen molar-refractivity contribution in [3.05, 3.63) is 36.5 Å². The molecule has 0 saturated carbocycles. The van der Waals surface area contributed by atoms with Crippen LogP contribution in [0.15, 0.2) is 30.7 Å². The predicted octanol–water partition coefficient (Wildman–Crippen LogP) is 1.39. The number of nitrogens with zero attached hydrogens (tertiary/aromatic N) is 6. The van der Waals surface area contributed by atoms with E-state index in [2.05, 4.69) is 26.4 Å². The highest BCUT2D eigenvalue weighted by Crippen LogP contribution is 2.25. The summed E-state index contributed by atoms with van der Waals surface area (Å²) >= 11 is 0. The van der Waals surface area contributed by atoms with Gasteiger partial charge >= 0.3 is 0 Å². The van der Waals surface area contributed by atoms with E-state index in [9.17, 15) is 0 Å². The highest BCUT2D eigenvalue weighted by Gasteiger charge is 2.26. The lowest BCUT2D eigenvalue weighted by Crippen LogP contribution is -2.13. The molecule has 1 aliphatic rings. The molecule has 1 aliphatic heterocycles. The average molecular weight is 279 g/mol. The number of nitriles is 1. The molecule has 0 aromatic carbocycles. The van der Waals surface area contributed by atoms with Gasteiger partial charge in [-0.1, -0.05) is 0 Å². The van der Waals surface area contributed by atoms with E-state index >= 15 is 0 Å². The van der Waals surface area contributed by atoms with Crippen molar-refractivity contribution in [2.24, 2.45) is 0 Å². The van der Waals surface area contributed by atoms with E-state index in [4.69, 9.17) is 5.26 Å². The summed E-state index contributed by atoms with van der Waals surface area (Å²) in [5, 5.41) is 16.2. The SMILES string of the molecule is N#CN1CCC(c2nc(-c3ccc4nccn4c3)n[nH]2)C1. The lowest BCUT2D eigenvalue weighted by Gasteiger charge is -2.05. The fraction of sp³-hybridized carbons (Fsp3) is 0.286. The fourth-order valence-electron chi connectivity index (χ4n) is 2.71. The standard InChI is InChI=1S/C14H13N7/c15-9-20-5-3-11(7-20)14-17-13(18-19-14)10-1-2-12-16-4-6-21(12)8-10/h1-2,4,6,8,11H,3,5,7H2,(H,17,18,19). The molecule has 3 aromatic heterocycles. The van der Waals surface area contributed by atoms with Crippen LogP contribution in [0.3, 0.4) is 0 Å². The molecule has 4 heterocycles. The van der Waals surface area contributed by atoms with Crippen molar-refractivity contribution in [1.82, 2.24) is 29.5 Å². The first-order valence-corrected chi connectivity index (χ1v) is 6.83. The molecule has 1 saturated heterocycles. The van der Waals surface area contributed by atoms with Crippen LogP contribution in [0.25, 0.3) is 17.0 Å². The third-order valence-electron chi connectivity index (χ3n) is 3.87. The maximum Gasteiger partial charge on any atom is 0.182 e. The smallest absolute Gasteiger partial charge is 0.182 e. The van der Waals surface area contributed by atoms with Crippen molar-refractivity contribution in [3.8, 4) is 17.6 Å². The molecule has 4 rings (SSSR count). The Morgan fingerprint density at radius 1 is 1.38 bits per heavy atom. The summed E-state index contributed by atoms with van der Waals surface area (Å²) in [6.07, 6.45) is 8.74. The number of rotatable bonds is 2. The lowest BCUT2D eigenvalue weighted by atomic mass is 10.1. The summed E-state index contributed by atoms with van der Waals surface area (Å²) in [5.41, 5.74) is 1.84. The molecule has 7 heteroatoms. The van der Waals surface area contributed by atoms with Gasteiger partial charge in [0.2, 0.25) is 0 Å². The molecule has 3 aromatic rings. The van der Waals surface area contributed by atoms with Gasteiger partial charge in [0.15, 0.2) is 12.0 Å². The molecule has 7 nitrogen and oxygen atoms in total. The van der Waals surface area contributed by atoms with Crippen LogP contribution < -0.4 is 0 Å². The van der Waals surface area contributed by atoms with E-state index in [-0.39, 0.29) is 5.92 Å². The number of pyridine rings is 1. The van der Waals surface area contributed by atoms with Crippen molar-refractivity contribution in [3.63, 3.8) is 0 Å². The molecule has 1 unspecified atom stereocenters. The average Bonchev–Trinajstić information content (AvgIpc) is 3.24. The number of aromatic nitrogens is 5. The second-order valence-corrected chi connectivity index (χ2v) is 5.19. The van der Waals surface area contributed by atoms with Gasteiger partial charge in [-0.2, -0.15) is 10.4 Å². The van der Waals surface area contributed by atoms with Crippen LogP contribution in [0.5, 0.6) is 0 Å². The zero-order valence-corrected chi connectivity index (χ0v) is 11.3. The molecule has 0 radical (unpaired) electrons. The van der Waals surface area contributed by atoms with Crippen molar-refractivity contribution in [2.75, 3.05) is 13.1 Å². The van der Waals surface area contributed by atoms with Crippen LogP contribution in [0.1, 0.15) is 18.2 Å². The number of likely N-dealkylation sites (tertiary alicyclic amines) is 1. The Hall–Kier alpha value is -2.88. The number of imidazole rings is 1. The second-order valence-electron chi connectivity index (χ2n) is 5.19. The van der Waals surface area contributed by atoms with Crippen molar-refractivity contribution in [2.45, 2.75) is 12.3 Å². The van der Waals surface area contributed by atoms with Gasteiger partial charge in [0.05, 0.1) is 0 Å². The number of H-pyrrole nitrogens is 1. The molecule has 104 valence electrons. The normalized spacial score (nSPS) is 18.2. The van der Waals surface area contributed by atoms with Crippen molar-refractivity contribution in [1.29, 1.82) is 5.26 Å². The molecule has 1 fully saturated rings. The predicted molar refractivity (Wildman–Crippen MR) is 75.1 cm³/mol. The summed E-state index contributed by atoms with van der Waals surface area (Å²) in [5.74, 6) is 1.78. The van der Waals surface area contributed by atoms with Crippen LogP contribution >= 0.6 is 0 Å². The van der Waals surface area contributed by atoms with Gasteiger partial charge in [0.1, 0.15) is 11.5 Å². The minimum Gasteiger partial charge on any atom is -0.310 e. The first-order valence-electron chi connectivity index (χ1n) is 6.83. The summed E-state index contributed by atoms with van der Waals surface area (Å²) in [4.78, 5) is 10.6. The van der Waals surface area contributed by atoms with Gasteiger partial charge < -0.3 is 9.30 Å². The van der Waals surface area contributed by atoms with Crippen LogP contribution in [-0.2, 0) is 0 Å². The van der Waals surface area contributed by atoms with E-state index in [1.54, 1.807) is 11.1 Å². The Bertz CT molecular complexity index is 825. The molecule has 0 spiro atoms. The maximum atomic E-state index is 8.92. The number of hydrogen-bond donors (Lipinski definition) is 1.